The largest absolute Gasteiger partial charge is 0.274 e. The molecule has 6 rings (SSSR count). The summed E-state index contributed by atoms with van der Waals surface area (Å²) in [6.45, 7) is 0. The minimum atomic E-state index is -0.116. The van der Waals surface area contributed by atoms with Gasteiger partial charge in [-0.2, -0.15) is 0 Å². The first kappa shape index (κ1) is 10.8. The molecule has 6 atom stereocenters. The lowest BCUT2D eigenvalue weighted by molar-refractivity contribution is -0.124. The molecule has 1 aromatic rings. The van der Waals surface area contributed by atoms with Crippen molar-refractivity contribution in [2.75, 3.05) is 4.90 Å². The van der Waals surface area contributed by atoms with E-state index in [1.54, 1.807) is 24.5 Å². The number of nitrogens with zero attached hydrogens (tertiary/aromatic N) is 2. The van der Waals surface area contributed by atoms with Gasteiger partial charge in [-0.25, -0.2) is 4.90 Å². The summed E-state index contributed by atoms with van der Waals surface area (Å²) in [6, 6.07) is 3.48. The number of carbonyl (C=O) groups is 2. The van der Waals surface area contributed by atoms with E-state index in [1.165, 1.54) is 11.3 Å². The van der Waals surface area contributed by atoms with Gasteiger partial charge in [0, 0.05) is 12.4 Å². The van der Waals surface area contributed by atoms with Crippen LogP contribution in [0.1, 0.15) is 6.42 Å². The third-order valence-corrected chi connectivity index (χ3v) is 5.58. The molecule has 4 aliphatic carbocycles. The Morgan fingerprint density at radius 3 is 2.05 bits per heavy atom. The van der Waals surface area contributed by atoms with Gasteiger partial charge < -0.3 is 0 Å². The normalized spacial score (nSPS) is 43.7. The zero-order valence-corrected chi connectivity index (χ0v) is 10.8. The van der Waals surface area contributed by atoms with Crippen LogP contribution in [0.25, 0.3) is 0 Å². The van der Waals surface area contributed by atoms with Crippen molar-refractivity contribution in [2.24, 2.45) is 35.5 Å². The zero-order chi connectivity index (χ0) is 13.4. The number of allylic oxidation sites excluding steroid dienone is 2. The maximum absolute atomic E-state index is 12.8. The van der Waals surface area contributed by atoms with Crippen LogP contribution >= 0.6 is 0 Å². The molecule has 0 aromatic carbocycles. The van der Waals surface area contributed by atoms with Crippen molar-refractivity contribution in [3.05, 3.63) is 36.7 Å². The molecule has 3 fully saturated rings. The van der Waals surface area contributed by atoms with Gasteiger partial charge in [-0.3, -0.25) is 14.6 Å². The van der Waals surface area contributed by atoms with E-state index in [-0.39, 0.29) is 23.7 Å². The van der Waals surface area contributed by atoms with Crippen LogP contribution in [-0.2, 0) is 9.59 Å². The van der Waals surface area contributed by atoms with Gasteiger partial charge in [-0.15, -0.1) is 0 Å². The Kier molecular flexibility index (Phi) is 1.82. The number of carbonyl (C=O) groups excluding carboxylic acids is 2. The lowest BCUT2D eigenvalue weighted by atomic mass is 9.63. The summed E-state index contributed by atoms with van der Waals surface area (Å²) in [5.74, 6) is 1.65. The first-order valence-corrected chi connectivity index (χ1v) is 7.23. The van der Waals surface area contributed by atoms with Gasteiger partial charge >= 0.3 is 0 Å². The Labute approximate surface area is 116 Å². The topological polar surface area (TPSA) is 50.3 Å². The van der Waals surface area contributed by atoms with E-state index in [2.05, 4.69) is 17.1 Å². The number of hydrogen-bond donors (Lipinski definition) is 0. The molecule has 5 aliphatic rings. The average Bonchev–Trinajstić information content (AvgIpc) is 3.25. The van der Waals surface area contributed by atoms with Crippen LogP contribution in [0, 0.1) is 35.5 Å². The predicted molar refractivity (Wildman–Crippen MR) is 71.4 cm³/mol. The van der Waals surface area contributed by atoms with Crippen molar-refractivity contribution in [3.63, 3.8) is 0 Å². The maximum atomic E-state index is 12.8. The van der Waals surface area contributed by atoms with Crippen LogP contribution in [0.3, 0.4) is 0 Å². The number of amides is 2. The highest BCUT2D eigenvalue weighted by atomic mass is 16.2. The van der Waals surface area contributed by atoms with Crippen molar-refractivity contribution in [3.8, 4) is 0 Å². The lowest BCUT2D eigenvalue weighted by Gasteiger charge is -2.37. The fourth-order valence-corrected chi connectivity index (χ4v) is 4.70. The second-order valence-corrected chi connectivity index (χ2v) is 6.37. The number of hydrogen-bond acceptors (Lipinski definition) is 3. The number of anilines is 1. The average molecular weight is 266 g/mol. The van der Waals surface area contributed by atoms with Gasteiger partial charge in [0.25, 0.3) is 0 Å². The molecule has 1 saturated heterocycles. The Hall–Kier alpha value is -1.97. The maximum Gasteiger partial charge on any atom is 0.238 e. The standard InChI is InChI=1S/C16H14N2O2/c19-15-13-9-1-2-10(12-7-11(9)12)14(13)16(20)18(15)8-3-5-17-6-4-8/h1-6,9-14H,7H2/t9-,10+,11-,12-,13+,14-/m1/s1. The van der Waals surface area contributed by atoms with Gasteiger partial charge in [-0.05, 0) is 42.2 Å². The van der Waals surface area contributed by atoms with Crippen molar-refractivity contribution < 1.29 is 9.59 Å². The minimum absolute atomic E-state index is 0.00380. The van der Waals surface area contributed by atoms with Crippen molar-refractivity contribution >= 4 is 17.5 Å². The van der Waals surface area contributed by atoms with E-state index in [1.807, 2.05) is 0 Å². The van der Waals surface area contributed by atoms with Gasteiger partial charge in [0.05, 0.1) is 17.5 Å². The molecular formula is C16H14N2O2. The lowest BCUT2D eigenvalue weighted by Crippen LogP contribution is -2.40. The Morgan fingerprint density at radius 1 is 0.950 bits per heavy atom. The summed E-state index contributed by atoms with van der Waals surface area (Å²) >= 11 is 0. The van der Waals surface area contributed by atoms with Crippen molar-refractivity contribution in [1.29, 1.82) is 0 Å². The van der Waals surface area contributed by atoms with Crippen molar-refractivity contribution in [1.82, 2.24) is 4.98 Å². The third kappa shape index (κ3) is 1.11. The first-order valence-electron chi connectivity index (χ1n) is 7.23. The van der Waals surface area contributed by atoms with E-state index in [0.29, 0.717) is 29.4 Å². The van der Waals surface area contributed by atoms with E-state index in [4.69, 9.17) is 0 Å². The fraction of sp³-hybridized carbons (Fsp3) is 0.438. The van der Waals surface area contributed by atoms with E-state index in [0.717, 1.165) is 0 Å². The molecule has 0 radical (unpaired) electrons. The van der Waals surface area contributed by atoms with Crippen LogP contribution in [0.5, 0.6) is 0 Å². The Balaban J connectivity index is 1.61. The van der Waals surface area contributed by atoms with E-state index in [9.17, 15) is 9.59 Å². The minimum Gasteiger partial charge on any atom is -0.274 e. The molecule has 2 bridgehead atoms. The molecule has 100 valence electrons. The number of pyridine rings is 1. The second kappa shape index (κ2) is 3.37. The highest BCUT2D eigenvalue weighted by Crippen LogP contribution is 2.65. The third-order valence-electron chi connectivity index (χ3n) is 5.58. The smallest absolute Gasteiger partial charge is 0.238 e. The monoisotopic (exact) mass is 266 g/mol. The molecule has 2 amide bonds. The number of imide groups is 1. The summed E-state index contributed by atoms with van der Waals surface area (Å²) in [5, 5.41) is 0. The van der Waals surface area contributed by atoms with Crippen LogP contribution < -0.4 is 4.90 Å². The van der Waals surface area contributed by atoms with Crippen molar-refractivity contribution in [2.45, 2.75) is 6.42 Å². The Bertz CT molecular complexity index is 618. The van der Waals surface area contributed by atoms with Crippen LogP contribution in [0.2, 0.25) is 0 Å². The van der Waals surface area contributed by atoms with Gasteiger partial charge in [-0.1, -0.05) is 12.2 Å². The molecule has 2 heterocycles. The number of rotatable bonds is 1. The highest BCUT2D eigenvalue weighted by Gasteiger charge is 2.67. The quantitative estimate of drug-likeness (QED) is 0.573. The molecule has 1 aromatic heterocycles. The molecule has 20 heavy (non-hydrogen) atoms. The molecule has 4 heteroatoms. The van der Waals surface area contributed by atoms with Crippen LogP contribution in [0.15, 0.2) is 36.7 Å². The molecule has 1 aliphatic heterocycles. The number of aromatic nitrogens is 1. The van der Waals surface area contributed by atoms with Crippen LogP contribution in [-0.4, -0.2) is 16.8 Å². The van der Waals surface area contributed by atoms with Crippen LogP contribution in [0.4, 0.5) is 5.69 Å². The van der Waals surface area contributed by atoms with E-state index < -0.39 is 0 Å². The molecule has 4 nitrogen and oxygen atoms in total. The first-order chi connectivity index (χ1) is 9.77. The predicted octanol–water partition coefficient (Wildman–Crippen LogP) is 1.64. The Morgan fingerprint density at radius 2 is 1.50 bits per heavy atom. The summed E-state index contributed by atoms with van der Waals surface area (Å²) in [4.78, 5) is 30.9. The fourth-order valence-electron chi connectivity index (χ4n) is 4.70. The summed E-state index contributed by atoms with van der Waals surface area (Å²) in [6.07, 6.45) is 8.85. The van der Waals surface area contributed by atoms with Gasteiger partial charge in [0.15, 0.2) is 0 Å². The zero-order valence-electron chi connectivity index (χ0n) is 10.8. The van der Waals surface area contributed by atoms with Gasteiger partial charge in [0.1, 0.15) is 0 Å². The summed E-state index contributed by atoms with van der Waals surface area (Å²) in [5.41, 5.74) is 0.664. The molecule has 0 unspecified atom stereocenters. The van der Waals surface area contributed by atoms with E-state index >= 15 is 0 Å². The summed E-state index contributed by atoms with van der Waals surface area (Å²) in [7, 11) is 0. The highest BCUT2D eigenvalue weighted by molar-refractivity contribution is 6.22. The molecular weight excluding hydrogens is 252 g/mol. The summed E-state index contributed by atoms with van der Waals surface area (Å²) < 4.78 is 0. The molecule has 0 N–H and O–H groups in total. The molecule has 0 spiro atoms. The van der Waals surface area contributed by atoms with Gasteiger partial charge in [0.2, 0.25) is 11.8 Å². The SMILES string of the molecule is O=C1[C@@H]2[C@H]3C=C[C@H]([C@H]4C[C@H]34)[C@@H]2C(=O)N1c1ccncc1. The molecule has 2 saturated carbocycles. The second-order valence-electron chi connectivity index (χ2n) is 6.37.